The minimum atomic E-state index is -1.02. The number of aromatic carboxylic acids is 1. The highest BCUT2D eigenvalue weighted by molar-refractivity contribution is 7.99. The molecular weight excluding hydrogens is 330 g/mol. The van der Waals surface area contributed by atoms with Gasteiger partial charge in [-0.2, -0.15) is 0 Å². The Balaban J connectivity index is 2.47. The minimum absolute atomic E-state index is 0.135. The molecule has 1 aromatic carbocycles. The predicted molar refractivity (Wildman–Crippen MR) is 94.1 cm³/mol. The van der Waals surface area contributed by atoms with E-state index in [0.29, 0.717) is 25.3 Å². The molecule has 0 atom stereocenters. The zero-order chi connectivity index (χ0) is 18.2. The van der Waals surface area contributed by atoms with Crippen LogP contribution < -0.4 is 10.1 Å². The van der Waals surface area contributed by atoms with E-state index < -0.39 is 17.7 Å². The molecule has 7 heteroatoms. The van der Waals surface area contributed by atoms with Crippen molar-refractivity contribution in [1.29, 1.82) is 0 Å². The molecule has 6 nitrogen and oxygen atoms in total. The van der Waals surface area contributed by atoms with Crippen molar-refractivity contribution < 1.29 is 24.2 Å². The molecule has 0 aliphatic heterocycles. The summed E-state index contributed by atoms with van der Waals surface area (Å²) >= 11 is 1.62. The minimum Gasteiger partial charge on any atom is -0.493 e. The summed E-state index contributed by atoms with van der Waals surface area (Å²) in [5.74, 6) is 0.217. The molecule has 0 saturated heterocycles. The van der Waals surface area contributed by atoms with Crippen LogP contribution in [0.15, 0.2) is 23.1 Å². The molecule has 2 N–H and O–H groups in total. The third-order valence-electron chi connectivity index (χ3n) is 2.74. The van der Waals surface area contributed by atoms with Crippen LogP contribution in [0.1, 0.15) is 44.5 Å². The molecule has 0 bridgehead atoms. The lowest BCUT2D eigenvalue weighted by Gasteiger charge is -2.19. The second kappa shape index (κ2) is 9.42. The molecule has 0 spiro atoms. The van der Waals surface area contributed by atoms with Gasteiger partial charge in [0.15, 0.2) is 0 Å². The Morgan fingerprint density at radius 2 is 2.00 bits per heavy atom. The zero-order valence-corrected chi connectivity index (χ0v) is 15.4. The Bertz CT molecular complexity index is 569. The maximum atomic E-state index is 11.5. The average molecular weight is 355 g/mol. The zero-order valence-electron chi connectivity index (χ0n) is 14.5. The van der Waals surface area contributed by atoms with Crippen LogP contribution in [0.5, 0.6) is 5.75 Å². The molecule has 0 aliphatic rings. The first-order valence-electron chi connectivity index (χ1n) is 7.82. The highest BCUT2D eigenvalue weighted by atomic mass is 32.2. The lowest BCUT2D eigenvalue weighted by molar-refractivity contribution is 0.0525. The number of alkyl carbamates (subject to hydrolysis) is 1. The number of thioether (sulfide) groups is 1. The number of hydrogen-bond acceptors (Lipinski definition) is 5. The number of amides is 1. The van der Waals surface area contributed by atoms with Crippen molar-refractivity contribution in [3.05, 3.63) is 23.8 Å². The number of carboxylic acid groups (broad SMARTS) is 1. The third kappa shape index (κ3) is 7.59. The van der Waals surface area contributed by atoms with Gasteiger partial charge in [-0.25, -0.2) is 9.59 Å². The normalized spacial score (nSPS) is 11.0. The van der Waals surface area contributed by atoms with Gasteiger partial charge < -0.3 is 19.9 Å². The van der Waals surface area contributed by atoms with Gasteiger partial charge in [0, 0.05) is 11.4 Å². The fraction of sp³-hybridized carbons (Fsp3) is 0.529. The van der Waals surface area contributed by atoms with Crippen LogP contribution in [0.2, 0.25) is 0 Å². The molecule has 134 valence electrons. The van der Waals surface area contributed by atoms with Gasteiger partial charge in [0.2, 0.25) is 0 Å². The number of benzene rings is 1. The summed E-state index contributed by atoms with van der Waals surface area (Å²) in [5, 5.41) is 11.8. The first-order chi connectivity index (χ1) is 11.2. The van der Waals surface area contributed by atoms with Gasteiger partial charge in [-0.15, -0.1) is 11.8 Å². The second-order valence-corrected chi connectivity index (χ2v) is 7.36. The summed E-state index contributed by atoms with van der Waals surface area (Å²) in [5.41, 5.74) is -0.399. The van der Waals surface area contributed by atoms with Crippen LogP contribution in [0.25, 0.3) is 0 Å². The predicted octanol–water partition coefficient (Wildman–Crippen LogP) is 3.79. The second-order valence-electron chi connectivity index (χ2n) is 6.03. The van der Waals surface area contributed by atoms with E-state index in [-0.39, 0.29) is 5.56 Å². The molecular formula is C17H25NO5S. The number of carbonyl (C=O) groups excluding carboxylic acids is 1. The number of ether oxygens (including phenoxy) is 2. The van der Waals surface area contributed by atoms with Crippen molar-refractivity contribution in [2.24, 2.45) is 0 Å². The number of carbonyl (C=O) groups is 2. The first kappa shape index (κ1) is 20.2. The van der Waals surface area contributed by atoms with Gasteiger partial charge in [-0.1, -0.05) is 6.92 Å². The van der Waals surface area contributed by atoms with Crippen LogP contribution in [0.4, 0.5) is 4.79 Å². The summed E-state index contributed by atoms with van der Waals surface area (Å²) in [6.07, 6.45) is 0.0683. The van der Waals surface area contributed by atoms with E-state index in [4.69, 9.17) is 9.47 Å². The molecule has 1 rings (SSSR count). The molecule has 0 aromatic heterocycles. The maximum Gasteiger partial charge on any atom is 0.407 e. The van der Waals surface area contributed by atoms with Crippen LogP contribution in [0.3, 0.4) is 0 Å². The van der Waals surface area contributed by atoms with E-state index in [1.165, 1.54) is 0 Å². The standard InChI is InChI=1S/C17H25NO5S/c1-5-24-12-7-8-13(15(19)20)14(11-12)22-10-6-9-18-16(21)23-17(2,3)4/h7-8,11H,5-6,9-10H2,1-4H3,(H,18,21)(H,19,20). The Kier molecular flexibility index (Phi) is 7.91. The molecule has 0 saturated carbocycles. The maximum absolute atomic E-state index is 11.5. The molecule has 24 heavy (non-hydrogen) atoms. The Labute approximate surface area is 146 Å². The summed E-state index contributed by atoms with van der Waals surface area (Å²) in [6.45, 7) is 8.11. The monoisotopic (exact) mass is 355 g/mol. The van der Waals surface area contributed by atoms with Gasteiger partial charge in [0.05, 0.1) is 6.61 Å². The largest absolute Gasteiger partial charge is 0.493 e. The van der Waals surface area contributed by atoms with Gasteiger partial charge in [0.25, 0.3) is 0 Å². The summed E-state index contributed by atoms with van der Waals surface area (Å²) in [6, 6.07) is 5.06. The number of rotatable bonds is 8. The van der Waals surface area contributed by atoms with Crippen LogP contribution in [-0.4, -0.2) is 41.7 Å². The number of carboxylic acids is 1. The van der Waals surface area contributed by atoms with Gasteiger partial charge >= 0.3 is 12.1 Å². The molecule has 0 radical (unpaired) electrons. The topological polar surface area (TPSA) is 84.9 Å². The van der Waals surface area contributed by atoms with Crippen molar-refractivity contribution in [3.8, 4) is 5.75 Å². The fourth-order valence-corrected chi connectivity index (χ4v) is 2.50. The van der Waals surface area contributed by atoms with E-state index in [9.17, 15) is 14.7 Å². The van der Waals surface area contributed by atoms with E-state index in [1.807, 2.05) is 6.92 Å². The van der Waals surface area contributed by atoms with Crippen LogP contribution >= 0.6 is 11.8 Å². The fourth-order valence-electron chi connectivity index (χ4n) is 1.81. The van der Waals surface area contributed by atoms with Crippen molar-refractivity contribution in [1.82, 2.24) is 5.32 Å². The highest BCUT2D eigenvalue weighted by Gasteiger charge is 2.15. The number of hydrogen-bond donors (Lipinski definition) is 2. The average Bonchev–Trinajstić information content (AvgIpc) is 2.45. The quantitative estimate of drug-likeness (QED) is 0.545. The van der Waals surface area contributed by atoms with E-state index in [0.717, 1.165) is 10.6 Å². The molecule has 0 fully saturated rings. The van der Waals surface area contributed by atoms with E-state index in [1.54, 1.807) is 50.7 Å². The first-order valence-corrected chi connectivity index (χ1v) is 8.81. The number of nitrogens with one attached hydrogen (secondary N) is 1. The summed E-state index contributed by atoms with van der Waals surface area (Å²) in [7, 11) is 0. The molecule has 0 aliphatic carbocycles. The Morgan fingerprint density at radius 1 is 1.29 bits per heavy atom. The van der Waals surface area contributed by atoms with Crippen molar-refractivity contribution >= 4 is 23.8 Å². The SMILES string of the molecule is CCSc1ccc(C(=O)O)c(OCCCNC(=O)OC(C)(C)C)c1. The third-order valence-corrected chi connectivity index (χ3v) is 3.62. The molecule has 0 heterocycles. The van der Waals surface area contributed by atoms with Crippen LogP contribution in [-0.2, 0) is 4.74 Å². The Morgan fingerprint density at radius 3 is 2.58 bits per heavy atom. The molecule has 1 amide bonds. The van der Waals surface area contributed by atoms with Gasteiger partial charge in [0.1, 0.15) is 16.9 Å². The molecule has 0 unspecified atom stereocenters. The van der Waals surface area contributed by atoms with Gasteiger partial charge in [-0.05, 0) is 51.1 Å². The van der Waals surface area contributed by atoms with Crippen molar-refractivity contribution in [2.75, 3.05) is 18.9 Å². The lowest BCUT2D eigenvalue weighted by atomic mass is 10.2. The van der Waals surface area contributed by atoms with Crippen molar-refractivity contribution in [3.63, 3.8) is 0 Å². The summed E-state index contributed by atoms with van der Waals surface area (Å²) < 4.78 is 10.7. The van der Waals surface area contributed by atoms with Crippen molar-refractivity contribution in [2.45, 2.75) is 44.6 Å². The lowest BCUT2D eigenvalue weighted by Crippen LogP contribution is -2.33. The summed E-state index contributed by atoms with van der Waals surface area (Å²) in [4.78, 5) is 23.7. The molecule has 1 aromatic rings. The Hall–Kier alpha value is -1.89. The smallest absolute Gasteiger partial charge is 0.407 e. The van der Waals surface area contributed by atoms with Gasteiger partial charge in [-0.3, -0.25) is 0 Å². The van der Waals surface area contributed by atoms with E-state index >= 15 is 0 Å². The van der Waals surface area contributed by atoms with E-state index in [2.05, 4.69) is 5.32 Å². The highest BCUT2D eigenvalue weighted by Crippen LogP contribution is 2.27. The van der Waals surface area contributed by atoms with Crippen LogP contribution in [0, 0.1) is 0 Å².